The molecular formula is C44H62BrNO7. The Labute approximate surface area is 325 Å². The summed E-state index contributed by atoms with van der Waals surface area (Å²) in [7, 11) is 0. The summed E-state index contributed by atoms with van der Waals surface area (Å²) in [6.45, 7) is 17.4. The summed E-state index contributed by atoms with van der Waals surface area (Å²) < 4.78 is 12.8. The Balaban J connectivity index is 0.000000208. The number of alkyl halides is 1. The van der Waals surface area contributed by atoms with Crippen LogP contribution in [0.5, 0.6) is 23.0 Å². The third kappa shape index (κ3) is 9.55. The second kappa shape index (κ2) is 16.7. The summed E-state index contributed by atoms with van der Waals surface area (Å²) >= 11 is 3.48. The molecule has 2 aromatic carbocycles. The second-order valence-corrected chi connectivity index (χ2v) is 18.4. The number of phenolic OH excluding ortho intramolecular Hbond substituents is 2. The minimum atomic E-state index is -0.750. The van der Waals surface area contributed by atoms with Gasteiger partial charge in [-0.2, -0.15) is 0 Å². The Hall–Kier alpha value is -3.20. The number of rotatable bonds is 12. The molecule has 0 aromatic heterocycles. The van der Waals surface area contributed by atoms with E-state index in [0.29, 0.717) is 29.8 Å². The predicted molar refractivity (Wildman–Crippen MR) is 215 cm³/mol. The monoisotopic (exact) mass is 795 g/mol. The Morgan fingerprint density at radius 2 is 1.38 bits per heavy atom. The summed E-state index contributed by atoms with van der Waals surface area (Å²) in [4.78, 5) is 14.7. The quantitative estimate of drug-likeness (QED) is 0.0723. The van der Waals surface area contributed by atoms with Crippen LogP contribution in [0.4, 0.5) is 0 Å². The van der Waals surface area contributed by atoms with Crippen LogP contribution in [-0.4, -0.2) is 38.4 Å². The fraction of sp³-hybridized carbons (Fsp3) is 0.636. The molecule has 6 rings (SSSR count). The first-order valence-electron chi connectivity index (χ1n) is 19.7. The van der Waals surface area contributed by atoms with E-state index in [1.165, 1.54) is 29.6 Å². The van der Waals surface area contributed by atoms with E-state index in [-0.39, 0.29) is 35.1 Å². The van der Waals surface area contributed by atoms with Crippen molar-refractivity contribution in [2.45, 2.75) is 154 Å². The molecule has 292 valence electrons. The van der Waals surface area contributed by atoms with Crippen molar-refractivity contribution in [3.05, 3.63) is 79.9 Å². The normalized spacial score (nSPS) is 23.6. The van der Waals surface area contributed by atoms with Crippen molar-refractivity contribution in [2.75, 3.05) is 11.9 Å². The lowest BCUT2D eigenvalue weighted by atomic mass is 9.67. The molecule has 53 heavy (non-hydrogen) atoms. The van der Waals surface area contributed by atoms with E-state index in [1.807, 2.05) is 12.1 Å². The first kappa shape index (κ1) is 41.0. The van der Waals surface area contributed by atoms with Gasteiger partial charge in [0.2, 0.25) is 0 Å². The molecule has 0 saturated carbocycles. The maximum atomic E-state index is 11.0. The van der Waals surface area contributed by atoms with Crippen LogP contribution in [0.1, 0.15) is 154 Å². The lowest BCUT2D eigenvalue weighted by Gasteiger charge is -2.46. The molecule has 0 spiro atoms. The van der Waals surface area contributed by atoms with Gasteiger partial charge in [-0.25, -0.2) is 0 Å². The zero-order valence-corrected chi connectivity index (χ0v) is 34.8. The van der Waals surface area contributed by atoms with Gasteiger partial charge in [0.05, 0.1) is 6.61 Å². The molecule has 0 bridgehead atoms. The van der Waals surface area contributed by atoms with Gasteiger partial charge in [-0.3, -0.25) is 0 Å². The van der Waals surface area contributed by atoms with Crippen molar-refractivity contribution in [3.8, 4) is 23.0 Å². The minimum absolute atomic E-state index is 0.116. The van der Waals surface area contributed by atoms with E-state index in [0.717, 1.165) is 84.9 Å². The number of aromatic hydroxyl groups is 2. The molecule has 4 aliphatic rings. The number of allylic oxidation sites excluding steroid dienone is 4. The average Bonchev–Trinajstić information content (AvgIpc) is 3.05. The van der Waals surface area contributed by atoms with E-state index in [9.17, 15) is 20.3 Å². The molecular weight excluding hydrogens is 734 g/mol. The molecule has 0 saturated heterocycles. The van der Waals surface area contributed by atoms with Crippen LogP contribution < -0.4 is 9.47 Å². The number of aryl methyl sites for hydroxylation is 1. The van der Waals surface area contributed by atoms with Crippen LogP contribution in [0.25, 0.3) is 0 Å². The number of halogens is 1. The smallest absolute Gasteiger partial charge is 0.294 e. The average molecular weight is 797 g/mol. The molecule has 2 aliphatic carbocycles. The van der Waals surface area contributed by atoms with Crippen LogP contribution >= 0.6 is 15.9 Å². The van der Waals surface area contributed by atoms with Crippen LogP contribution in [0.15, 0.2) is 47.6 Å². The second-order valence-electron chi connectivity index (χ2n) is 17.6. The van der Waals surface area contributed by atoms with E-state index < -0.39 is 5.09 Å². The lowest BCUT2D eigenvalue weighted by Crippen LogP contribution is -2.45. The first-order valence-corrected chi connectivity index (χ1v) is 20.8. The van der Waals surface area contributed by atoms with Gasteiger partial charge in [0.15, 0.2) is 0 Å². The van der Waals surface area contributed by atoms with Crippen molar-refractivity contribution in [1.82, 2.24) is 0 Å². The summed E-state index contributed by atoms with van der Waals surface area (Å²) in [5, 5.41) is 32.3. The maximum absolute atomic E-state index is 11.0. The van der Waals surface area contributed by atoms with E-state index >= 15 is 0 Å². The van der Waals surface area contributed by atoms with Crippen molar-refractivity contribution in [1.29, 1.82) is 0 Å². The molecule has 0 radical (unpaired) electrons. The highest BCUT2D eigenvalue weighted by Crippen LogP contribution is 2.55. The molecule has 0 amide bonds. The topological polar surface area (TPSA) is 111 Å². The van der Waals surface area contributed by atoms with Gasteiger partial charge in [-0.05, 0) is 140 Å². The summed E-state index contributed by atoms with van der Waals surface area (Å²) in [6, 6.07) is 8.09. The van der Waals surface area contributed by atoms with Crippen LogP contribution in [0.2, 0.25) is 0 Å². The van der Waals surface area contributed by atoms with Crippen LogP contribution in [0.3, 0.4) is 0 Å². The molecule has 2 heterocycles. The third-order valence-electron chi connectivity index (χ3n) is 12.3. The lowest BCUT2D eigenvalue weighted by molar-refractivity contribution is -0.757. The maximum Gasteiger partial charge on any atom is 0.294 e. The zero-order valence-electron chi connectivity index (χ0n) is 33.2. The standard InChI is InChI=1S/C23H33NO5.C21H29BrO2/c1-15-8-9-18-17(12-15)21-19(25)13-16(14-20(21)29-23(18,4)5)22(2,3)10-6-7-11-28-24(26)27;1-14-8-9-17-16(11-14)20-18(23)12-15(7-5-4-6-10-22)13-19(20)24-21(17,2)3/h12-14,17-18,25H,6-11H2,1-5H3;11-13,16-17,23H,4-10H2,1-3H3/t17-,18-;16-,17-/m11/s1. The molecule has 2 N–H and O–H groups in total. The van der Waals surface area contributed by atoms with Crippen molar-refractivity contribution in [2.24, 2.45) is 11.8 Å². The third-order valence-corrected chi connectivity index (χ3v) is 12.8. The van der Waals surface area contributed by atoms with Gasteiger partial charge in [-0.15, -0.1) is 10.1 Å². The number of hydrogen-bond donors (Lipinski definition) is 2. The number of ether oxygens (including phenoxy) is 2. The van der Waals surface area contributed by atoms with Gasteiger partial charge < -0.3 is 24.5 Å². The van der Waals surface area contributed by atoms with Crippen molar-refractivity contribution < 1.29 is 29.6 Å². The Morgan fingerprint density at radius 1 is 0.830 bits per heavy atom. The number of hydrogen-bond acceptors (Lipinski definition) is 7. The van der Waals surface area contributed by atoms with Gasteiger partial charge in [-0.1, -0.05) is 65.9 Å². The van der Waals surface area contributed by atoms with Gasteiger partial charge in [0, 0.05) is 40.1 Å². The van der Waals surface area contributed by atoms with E-state index in [2.05, 4.69) is 100 Å². The Kier molecular flexibility index (Phi) is 12.9. The Morgan fingerprint density at radius 3 is 1.92 bits per heavy atom. The van der Waals surface area contributed by atoms with Crippen molar-refractivity contribution >= 4 is 15.9 Å². The molecule has 2 aliphatic heterocycles. The molecule has 4 atom stereocenters. The summed E-state index contributed by atoms with van der Waals surface area (Å²) in [5.41, 5.74) is 6.26. The molecule has 8 nitrogen and oxygen atoms in total. The highest BCUT2D eigenvalue weighted by Gasteiger charge is 2.46. The predicted octanol–water partition coefficient (Wildman–Crippen LogP) is 11.8. The van der Waals surface area contributed by atoms with Gasteiger partial charge >= 0.3 is 0 Å². The number of unbranched alkanes of at least 4 members (excludes halogenated alkanes) is 3. The van der Waals surface area contributed by atoms with Gasteiger partial charge in [0.1, 0.15) is 34.2 Å². The largest absolute Gasteiger partial charge is 0.507 e. The van der Waals surface area contributed by atoms with E-state index in [1.54, 1.807) is 0 Å². The van der Waals surface area contributed by atoms with Crippen LogP contribution in [-0.2, 0) is 16.7 Å². The van der Waals surface area contributed by atoms with Crippen LogP contribution in [0, 0.1) is 22.0 Å². The highest BCUT2D eigenvalue weighted by molar-refractivity contribution is 9.09. The Bertz CT molecular complexity index is 1690. The fourth-order valence-electron chi connectivity index (χ4n) is 9.19. The SMILES string of the molecule is CC1=C[C@H]2c3c(O)cc(C(C)(C)CCCCO[N+](=O)[O-])cc3OC(C)(C)[C@@H]2CC1.CC1=C[C@H]2c3c(O)cc(CCCCCBr)cc3OC(C)(C)[C@@H]2CC1. The summed E-state index contributed by atoms with van der Waals surface area (Å²) in [6.07, 6.45) is 15.9. The fourth-order valence-corrected chi connectivity index (χ4v) is 9.59. The molecule has 9 heteroatoms. The summed E-state index contributed by atoms with van der Waals surface area (Å²) in [5.74, 6) is 3.64. The first-order chi connectivity index (χ1) is 24.9. The van der Waals surface area contributed by atoms with Crippen molar-refractivity contribution in [3.63, 3.8) is 0 Å². The highest BCUT2D eigenvalue weighted by atomic mass is 79.9. The molecule has 0 unspecified atom stereocenters. The molecule has 2 aromatic rings. The minimum Gasteiger partial charge on any atom is -0.507 e. The number of nitrogens with zero attached hydrogens (tertiary/aromatic N) is 1. The molecule has 0 fully saturated rings. The number of phenols is 2. The zero-order chi connectivity index (χ0) is 38.7. The number of fused-ring (bicyclic) bond motifs is 6. The number of benzene rings is 2. The van der Waals surface area contributed by atoms with E-state index in [4.69, 9.17) is 9.47 Å². The van der Waals surface area contributed by atoms with Gasteiger partial charge in [0.25, 0.3) is 5.09 Å².